The van der Waals surface area contributed by atoms with E-state index < -0.39 is 0 Å². The van der Waals surface area contributed by atoms with Crippen LogP contribution < -0.4 is 5.32 Å². The molecule has 0 aromatic carbocycles. The summed E-state index contributed by atoms with van der Waals surface area (Å²) in [4.78, 5) is 0. The van der Waals surface area contributed by atoms with Crippen molar-refractivity contribution in [1.29, 1.82) is 0 Å². The fourth-order valence-electron chi connectivity index (χ4n) is 1.90. The van der Waals surface area contributed by atoms with Gasteiger partial charge in [-0.25, -0.2) is 0 Å². The molecule has 1 heterocycles. The van der Waals surface area contributed by atoms with Crippen LogP contribution in [-0.4, -0.2) is 23.8 Å². The van der Waals surface area contributed by atoms with Gasteiger partial charge in [0.05, 0.1) is 5.60 Å². The molecule has 0 bridgehead atoms. The van der Waals surface area contributed by atoms with Crippen LogP contribution in [0.5, 0.6) is 0 Å². The van der Waals surface area contributed by atoms with Gasteiger partial charge in [-0.15, -0.1) is 12.4 Å². The second kappa shape index (κ2) is 3.30. The minimum absolute atomic E-state index is 0. The zero-order chi connectivity index (χ0) is 7.03. The van der Waals surface area contributed by atoms with Gasteiger partial charge in [0.15, 0.2) is 0 Å². The Morgan fingerprint density at radius 3 is 2.18 bits per heavy atom. The van der Waals surface area contributed by atoms with E-state index in [1.165, 1.54) is 12.8 Å². The van der Waals surface area contributed by atoms with Crippen molar-refractivity contribution in [2.45, 2.75) is 31.3 Å². The summed E-state index contributed by atoms with van der Waals surface area (Å²) in [7, 11) is 0. The Morgan fingerprint density at radius 2 is 1.73 bits per heavy atom. The van der Waals surface area contributed by atoms with Crippen molar-refractivity contribution >= 4 is 12.4 Å². The van der Waals surface area contributed by atoms with Gasteiger partial charge in [-0.1, -0.05) is 0 Å². The van der Waals surface area contributed by atoms with Crippen LogP contribution in [0.15, 0.2) is 0 Å². The van der Waals surface area contributed by atoms with Crippen LogP contribution in [0.2, 0.25) is 0 Å². The molecule has 0 radical (unpaired) electrons. The molecule has 2 N–H and O–H groups in total. The summed E-state index contributed by atoms with van der Waals surface area (Å²) in [6, 6.07) is 0. The molecule has 1 saturated heterocycles. The van der Waals surface area contributed by atoms with Gasteiger partial charge in [0.2, 0.25) is 0 Å². The number of hydrogen-bond donors (Lipinski definition) is 2. The normalized spacial score (nSPS) is 29.2. The van der Waals surface area contributed by atoms with Crippen molar-refractivity contribution in [3.8, 4) is 0 Å². The van der Waals surface area contributed by atoms with Crippen molar-refractivity contribution in [3.63, 3.8) is 0 Å². The van der Waals surface area contributed by atoms with E-state index in [4.69, 9.17) is 0 Å². The van der Waals surface area contributed by atoms with Crippen LogP contribution in [-0.2, 0) is 0 Å². The van der Waals surface area contributed by atoms with Gasteiger partial charge < -0.3 is 10.4 Å². The van der Waals surface area contributed by atoms with Crippen LogP contribution in [0.4, 0.5) is 0 Å². The third kappa shape index (κ3) is 1.86. The Kier molecular flexibility index (Phi) is 2.79. The third-order valence-corrected chi connectivity index (χ3v) is 2.86. The molecule has 0 unspecified atom stereocenters. The maximum Gasteiger partial charge on any atom is 0.0678 e. The number of halogens is 1. The van der Waals surface area contributed by atoms with E-state index in [0.717, 1.165) is 25.9 Å². The molecule has 66 valence electrons. The summed E-state index contributed by atoms with van der Waals surface area (Å²) in [5, 5.41) is 13.0. The second-order valence-corrected chi connectivity index (χ2v) is 3.63. The molecule has 2 nitrogen and oxygen atoms in total. The standard InChI is InChI=1S/C8H15NO.ClH/c10-8(3-4-8)7-1-5-9-6-2-7;/h7,9-10H,1-6H2;1H. The summed E-state index contributed by atoms with van der Waals surface area (Å²) in [6.45, 7) is 2.21. The van der Waals surface area contributed by atoms with Crippen LogP contribution >= 0.6 is 12.4 Å². The van der Waals surface area contributed by atoms with Crippen molar-refractivity contribution in [2.75, 3.05) is 13.1 Å². The number of piperidine rings is 1. The third-order valence-electron chi connectivity index (χ3n) is 2.86. The minimum Gasteiger partial charge on any atom is -0.390 e. The van der Waals surface area contributed by atoms with Crippen molar-refractivity contribution in [1.82, 2.24) is 5.32 Å². The lowest BCUT2D eigenvalue weighted by Crippen LogP contribution is -2.35. The zero-order valence-corrected chi connectivity index (χ0v) is 7.49. The van der Waals surface area contributed by atoms with Crippen molar-refractivity contribution in [3.05, 3.63) is 0 Å². The van der Waals surface area contributed by atoms with Crippen molar-refractivity contribution in [2.24, 2.45) is 5.92 Å². The van der Waals surface area contributed by atoms with E-state index in [-0.39, 0.29) is 18.0 Å². The summed E-state index contributed by atoms with van der Waals surface area (Å²) in [5.41, 5.74) is -0.220. The highest BCUT2D eigenvalue weighted by Gasteiger charge is 2.47. The highest BCUT2D eigenvalue weighted by Crippen LogP contribution is 2.45. The average Bonchev–Trinajstić information content (AvgIpc) is 2.72. The number of rotatable bonds is 1. The molecule has 2 aliphatic rings. The van der Waals surface area contributed by atoms with Gasteiger partial charge >= 0.3 is 0 Å². The molecule has 0 atom stereocenters. The Hall–Kier alpha value is 0.210. The molecular weight excluding hydrogens is 162 g/mol. The largest absolute Gasteiger partial charge is 0.390 e. The van der Waals surface area contributed by atoms with Gasteiger partial charge in [0.25, 0.3) is 0 Å². The molecule has 2 fully saturated rings. The molecule has 3 heteroatoms. The first-order valence-electron chi connectivity index (χ1n) is 4.24. The lowest BCUT2D eigenvalue weighted by molar-refractivity contribution is 0.0645. The van der Waals surface area contributed by atoms with Gasteiger partial charge in [0, 0.05) is 0 Å². The maximum atomic E-state index is 9.73. The summed E-state index contributed by atoms with van der Waals surface area (Å²) in [5.74, 6) is 0.605. The average molecular weight is 178 g/mol. The molecule has 0 aromatic heterocycles. The smallest absolute Gasteiger partial charge is 0.0678 e. The summed E-state index contributed by atoms with van der Waals surface area (Å²) < 4.78 is 0. The molecule has 11 heavy (non-hydrogen) atoms. The Morgan fingerprint density at radius 1 is 1.18 bits per heavy atom. The molecule has 2 rings (SSSR count). The summed E-state index contributed by atoms with van der Waals surface area (Å²) in [6.07, 6.45) is 4.46. The lowest BCUT2D eigenvalue weighted by atomic mass is 9.90. The predicted octanol–water partition coefficient (Wildman–Crippen LogP) is 0.933. The first-order chi connectivity index (χ1) is 4.81. The topological polar surface area (TPSA) is 32.3 Å². The van der Waals surface area contributed by atoms with Gasteiger partial charge in [-0.3, -0.25) is 0 Å². The van der Waals surface area contributed by atoms with Gasteiger partial charge in [-0.2, -0.15) is 0 Å². The van der Waals surface area contributed by atoms with Crippen LogP contribution in [0.3, 0.4) is 0 Å². The van der Waals surface area contributed by atoms with E-state index in [2.05, 4.69) is 5.32 Å². The number of nitrogens with one attached hydrogen (secondary N) is 1. The molecule has 1 aliphatic heterocycles. The zero-order valence-electron chi connectivity index (χ0n) is 6.68. The first kappa shape index (κ1) is 9.30. The van der Waals surface area contributed by atoms with Crippen molar-refractivity contribution < 1.29 is 5.11 Å². The van der Waals surface area contributed by atoms with Gasteiger partial charge in [-0.05, 0) is 44.7 Å². The number of aliphatic hydroxyl groups is 1. The van der Waals surface area contributed by atoms with E-state index in [1.807, 2.05) is 0 Å². The minimum atomic E-state index is -0.220. The van der Waals surface area contributed by atoms with E-state index in [1.54, 1.807) is 0 Å². The molecule has 0 aromatic rings. The van der Waals surface area contributed by atoms with Crippen LogP contribution in [0, 0.1) is 5.92 Å². The Balaban J connectivity index is 0.000000605. The maximum absolute atomic E-state index is 9.73. The highest BCUT2D eigenvalue weighted by atomic mass is 35.5. The van der Waals surface area contributed by atoms with Crippen LogP contribution in [0.1, 0.15) is 25.7 Å². The second-order valence-electron chi connectivity index (χ2n) is 3.63. The van der Waals surface area contributed by atoms with E-state index in [9.17, 15) is 5.11 Å². The summed E-state index contributed by atoms with van der Waals surface area (Å²) >= 11 is 0. The molecular formula is C8H16ClNO. The fourth-order valence-corrected chi connectivity index (χ4v) is 1.90. The van der Waals surface area contributed by atoms with Gasteiger partial charge in [0.1, 0.15) is 0 Å². The Labute approximate surface area is 73.8 Å². The molecule has 1 aliphatic carbocycles. The Bertz CT molecular complexity index is 130. The number of hydrogen-bond acceptors (Lipinski definition) is 2. The molecule has 0 amide bonds. The highest BCUT2D eigenvalue weighted by molar-refractivity contribution is 5.85. The monoisotopic (exact) mass is 177 g/mol. The molecule has 0 spiro atoms. The first-order valence-corrected chi connectivity index (χ1v) is 4.24. The fraction of sp³-hybridized carbons (Fsp3) is 1.00. The SMILES string of the molecule is Cl.OC1(C2CCNCC2)CC1. The van der Waals surface area contributed by atoms with Crippen LogP contribution in [0.25, 0.3) is 0 Å². The molecule has 1 saturated carbocycles. The lowest BCUT2D eigenvalue weighted by Gasteiger charge is -2.26. The van der Waals surface area contributed by atoms with E-state index in [0.29, 0.717) is 5.92 Å². The predicted molar refractivity (Wildman–Crippen MR) is 47.0 cm³/mol. The van der Waals surface area contributed by atoms with E-state index >= 15 is 0 Å². The quantitative estimate of drug-likeness (QED) is 0.625.